The maximum Gasteiger partial charge on any atom is 0.248 e. The molecule has 1 atom stereocenters. The lowest BCUT2D eigenvalue weighted by Gasteiger charge is -2.42. The zero-order valence-corrected chi connectivity index (χ0v) is 18.2. The SMILES string of the molecule is CCNC(=O)[C@]1(Cc2cccc(-c3cccc(C)c3)c2)CCCN(C(=O)COC)C1. The summed E-state index contributed by atoms with van der Waals surface area (Å²) in [7, 11) is 1.52. The molecule has 2 aromatic rings. The Morgan fingerprint density at radius 1 is 1.13 bits per heavy atom. The van der Waals surface area contributed by atoms with Gasteiger partial charge in [0.2, 0.25) is 11.8 Å². The van der Waals surface area contributed by atoms with E-state index in [2.05, 4.69) is 60.8 Å². The average Bonchev–Trinajstić information content (AvgIpc) is 2.74. The van der Waals surface area contributed by atoms with Gasteiger partial charge < -0.3 is 15.0 Å². The van der Waals surface area contributed by atoms with Crippen LogP contribution in [-0.4, -0.2) is 50.1 Å². The highest BCUT2D eigenvalue weighted by Crippen LogP contribution is 2.35. The van der Waals surface area contributed by atoms with Gasteiger partial charge in [-0.3, -0.25) is 9.59 Å². The van der Waals surface area contributed by atoms with Crippen molar-refractivity contribution < 1.29 is 14.3 Å². The standard InChI is InChI=1S/C25H32N2O3/c1-4-26-24(29)25(12-7-13-27(18-25)23(28)17-30-3)16-20-9-6-11-22(15-20)21-10-5-8-19(2)14-21/h5-6,8-11,14-15H,4,7,12-13,16-18H2,1-3H3,(H,26,29)/t25-/m0/s1. The Balaban J connectivity index is 1.89. The second-order valence-corrected chi connectivity index (χ2v) is 8.24. The van der Waals surface area contributed by atoms with Gasteiger partial charge in [0.05, 0.1) is 5.41 Å². The molecule has 0 aromatic heterocycles. The van der Waals surface area contributed by atoms with Crippen LogP contribution in [0.3, 0.4) is 0 Å². The molecule has 2 aromatic carbocycles. The third kappa shape index (κ3) is 5.08. The number of ether oxygens (including phenoxy) is 1. The Labute approximate surface area is 179 Å². The van der Waals surface area contributed by atoms with Crippen LogP contribution in [0.15, 0.2) is 48.5 Å². The zero-order chi connectivity index (χ0) is 21.6. The zero-order valence-electron chi connectivity index (χ0n) is 18.2. The Morgan fingerprint density at radius 2 is 1.87 bits per heavy atom. The van der Waals surface area contributed by atoms with E-state index in [1.54, 1.807) is 4.90 Å². The van der Waals surface area contributed by atoms with Gasteiger partial charge in [-0.1, -0.05) is 54.1 Å². The molecule has 3 rings (SSSR count). The maximum absolute atomic E-state index is 13.2. The van der Waals surface area contributed by atoms with Crippen LogP contribution in [-0.2, 0) is 20.7 Å². The number of benzene rings is 2. The van der Waals surface area contributed by atoms with E-state index in [4.69, 9.17) is 4.74 Å². The smallest absolute Gasteiger partial charge is 0.248 e. The summed E-state index contributed by atoms with van der Waals surface area (Å²) in [5, 5.41) is 3.01. The first kappa shape index (κ1) is 22.0. The van der Waals surface area contributed by atoms with Crippen molar-refractivity contribution in [2.45, 2.75) is 33.1 Å². The van der Waals surface area contributed by atoms with Gasteiger partial charge in [-0.2, -0.15) is 0 Å². The normalized spacial score (nSPS) is 18.8. The van der Waals surface area contributed by atoms with Crippen LogP contribution in [0, 0.1) is 12.3 Å². The molecule has 1 fully saturated rings. The number of likely N-dealkylation sites (tertiary alicyclic amines) is 1. The molecule has 5 nitrogen and oxygen atoms in total. The highest BCUT2D eigenvalue weighted by atomic mass is 16.5. The predicted octanol–water partition coefficient (Wildman–Crippen LogP) is 3.60. The summed E-state index contributed by atoms with van der Waals surface area (Å²) >= 11 is 0. The first-order valence-corrected chi connectivity index (χ1v) is 10.7. The van der Waals surface area contributed by atoms with Crippen LogP contribution in [0.25, 0.3) is 11.1 Å². The summed E-state index contributed by atoms with van der Waals surface area (Å²) in [6.07, 6.45) is 2.18. The molecule has 1 aliphatic rings. The van der Waals surface area contributed by atoms with E-state index in [-0.39, 0.29) is 18.4 Å². The first-order chi connectivity index (χ1) is 14.5. The van der Waals surface area contributed by atoms with Gasteiger partial charge in [-0.25, -0.2) is 0 Å². The third-order valence-electron chi connectivity index (χ3n) is 5.84. The number of hydrogen-bond acceptors (Lipinski definition) is 3. The minimum atomic E-state index is -0.622. The van der Waals surface area contributed by atoms with Gasteiger partial charge in [0.15, 0.2) is 0 Å². The summed E-state index contributed by atoms with van der Waals surface area (Å²) in [6, 6.07) is 16.8. The molecule has 1 heterocycles. The minimum absolute atomic E-state index is 0.0286. The van der Waals surface area contributed by atoms with Crippen LogP contribution in [0.5, 0.6) is 0 Å². The van der Waals surface area contributed by atoms with Gasteiger partial charge in [0, 0.05) is 26.7 Å². The van der Waals surface area contributed by atoms with Gasteiger partial charge in [0.25, 0.3) is 0 Å². The van der Waals surface area contributed by atoms with Crippen molar-refractivity contribution in [1.29, 1.82) is 0 Å². The number of nitrogens with one attached hydrogen (secondary N) is 1. The second-order valence-electron chi connectivity index (χ2n) is 8.24. The van der Waals surface area contributed by atoms with Crippen molar-refractivity contribution >= 4 is 11.8 Å². The summed E-state index contributed by atoms with van der Waals surface area (Å²) in [6.45, 7) is 5.75. The largest absolute Gasteiger partial charge is 0.375 e. The van der Waals surface area contributed by atoms with E-state index in [1.807, 2.05) is 6.92 Å². The number of rotatable bonds is 7. The molecule has 1 saturated heterocycles. The number of methoxy groups -OCH3 is 1. The van der Waals surface area contributed by atoms with Crippen molar-refractivity contribution in [3.05, 3.63) is 59.7 Å². The summed E-state index contributed by atoms with van der Waals surface area (Å²) in [5.74, 6) is -0.0275. The molecular formula is C25H32N2O3. The Kier molecular flexibility index (Phi) is 7.27. The highest BCUT2D eigenvalue weighted by molar-refractivity contribution is 5.85. The van der Waals surface area contributed by atoms with Crippen molar-refractivity contribution in [3.63, 3.8) is 0 Å². The molecule has 1 aliphatic heterocycles. The van der Waals surface area contributed by atoms with Crippen LogP contribution < -0.4 is 5.32 Å². The van der Waals surface area contributed by atoms with Crippen molar-refractivity contribution in [2.24, 2.45) is 5.41 Å². The lowest BCUT2D eigenvalue weighted by atomic mass is 9.74. The van der Waals surface area contributed by atoms with E-state index in [0.29, 0.717) is 26.1 Å². The first-order valence-electron chi connectivity index (χ1n) is 10.7. The molecule has 0 spiro atoms. The van der Waals surface area contributed by atoms with E-state index < -0.39 is 5.41 Å². The molecule has 0 unspecified atom stereocenters. The van der Waals surface area contributed by atoms with Gasteiger partial charge in [-0.05, 0) is 49.8 Å². The molecule has 0 saturated carbocycles. The average molecular weight is 409 g/mol. The van der Waals surface area contributed by atoms with Gasteiger partial charge >= 0.3 is 0 Å². The van der Waals surface area contributed by atoms with Crippen molar-refractivity contribution in [2.75, 3.05) is 33.4 Å². The third-order valence-corrected chi connectivity index (χ3v) is 5.84. The van der Waals surface area contributed by atoms with Crippen LogP contribution in [0.4, 0.5) is 0 Å². The van der Waals surface area contributed by atoms with Gasteiger partial charge in [0.1, 0.15) is 6.61 Å². The number of carbonyl (C=O) groups excluding carboxylic acids is 2. The number of amides is 2. The molecule has 0 bridgehead atoms. The van der Waals surface area contributed by atoms with E-state index in [9.17, 15) is 9.59 Å². The number of aryl methyl sites for hydroxylation is 1. The lowest BCUT2D eigenvalue weighted by Crippen LogP contribution is -2.55. The number of piperidine rings is 1. The molecule has 5 heteroatoms. The molecule has 0 radical (unpaired) electrons. The van der Waals surface area contributed by atoms with Crippen molar-refractivity contribution in [3.8, 4) is 11.1 Å². The molecule has 1 N–H and O–H groups in total. The van der Waals surface area contributed by atoms with E-state index >= 15 is 0 Å². The molecular weight excluding hydrogens is 376 g/mol. The molecule has 0 aliphatic carbocycles. The Bertz CT molecular complexity index is 895. The number of nitrogens with zero attached hydrogens (tertiary/aromatic N) is 1. The Morgan fingerprint density at radius 3 is 2.57 bits per heavy atom. The quantitative estimate of drug-likeness (QED) is 0.762. The second kappa shape index (κ2) is 9.90. The van der Waals surface area contributed by atoms with Crippen LogP contribution in [0.1, 0.15) is 30.9 Å². The monoisotopic (exact) mass is 408 g/mol. The van der Waals surface area contributed by atoms with E-state index in [0.717, 1.165) is 24.0 Å². The van der Waals surface area contributed by atoms with E-state index in [1.165, 1.54) is 18.2 Å². The topological polar surface area (TPSA) is 58.6 Å². The summed E-state index contributed by atoms with van der Waals surface area (Å²) < 4.78 is 5.03. The fourth-order valence-electron chi connectivity index (χ4n) is 4.39. The predicted molar refractivity (Wildman–Crippen MR) is 119 cm³/mol. The summed E-state index contributed by atoms with van der Waals surface area (Å²) in [4.78, 5) is 27.4. The minimum Gasteiger partial charge on any atom is -0.375 e. The highest BCUT2D eigenvalue weighted by Gasteiger charge is 2.43. The molecule has 160 valence electrons. The fourth-order valence-corrected chi connectivity index (χ4v) is 4.39. The van der Waals surface area contributed by atoms with Gasteiger partial charge in [-0.15, -0.1) is 0 Å². The molecule has 30 heavy (non-hydrogen) atoms. The summed E-state index contributed by atoms with van der Waals surface area (Å²) in [5.41, 5.74) is 4.02. The number of carbonyl (C=O) groups is 2. The Hall–Kier alpha value is -2.66. The number of hydrogen-bond donors (Lipinski definition) is 1. The van der Waals surface area contributed by atoms with Crippen LogP contribution >= 0.6 is 0 Å². The van der Waals surface area contributed by atoms with Crippen molar-refractivity contribution in [1.82, 2.24) is 10.2 Å². The fraction of sp³-hybridized carbons (Fsp3) is 0.440. The molecule has 2 amide bonds. The van der Waals surface area contributed by atoms with Crippen LogP contribution in [0.2, 0.25) is 0 Å². The maximum atomic E-state index is 13.2. The lowest BCUT2D eigenvalue weighted by molar-refractivity contribution is -0.144.